The third-order valence-corrected chi connectivity index (χ3v) is 2.65. The molecule has 19 heavy (non-hydrogen) atoms. The average Bonchev–Trinajstić information content (AvgIpc) is 2.35. The van der Waals surface area contributed by atoms with E-state index >= 15 is 0 Å². The molecule has 6 heteroatoms. The minimum absolute atomic E-state index is 0.134. The van der Waals surface area contributed by atoms with Crippen LogP contribution < -0.4 is 10.6 Å². The van der Waals surface area contributed by atoms with Gasteiger partial charge in [0.05, 0.1) is 0 Å². The Morgan fingerprint density at radius 3 is 2.74 bits per heavy atom. The van der Waals surface area contributed by atoms with Gasteiger partial charge in [0.2, 0.25) is 0 Å². The largest absolute Gasteiger partial charge is 0.370 e. The summed E-state index contributed by atoms with van der Waals surface area (Å²) >= 11 is 5.92. The van der Waals surface area contributed by atoms with E-state index in [-0.39, 0.29) is 5.91 Å². The highest BCUT2D eigenvalue weighted by atomic mass is 35.5. The normalized spacial score (nSPS) is 10.6. The number of likely N-dealkylation sites (N-methyl/N-ethyl adjacent to an activating group) is 1. The summed E-state index contributed by atoms with van der Waals surface area (Å²) in [6.45, 7) is 4.26. The molecule has 0 saturated carbocycles. The monoisotopic (exact) mass is 284 g/mol. The zero-order chi connectivity index (χ0) is 14.3. The number of amides is 1. The number of rotatable bonds is 7. The van der Waals surface area contributed by atoms with E-state index in [0.717, 1.165) is 19.5 Å². The van der Waals surface area contributed by atoms with Gasteiger partial charge in [0.15, 0.2) is 0 Å². The van der Waals surface area contributed by atoms with Gasteiger partial charge in [0.25, 0.3) is 5.91 Å². The molecule has 0 saturated heterocycles. The molecule has 1 aromatic rings. The summed E-state index contributed by atoms with van der Waals surface area (Å²) in [6.07, 6.45) is 0.985. The van der Waals surface area contributed by atoms with Crippen LogP contribution in [0.3, 0.4) is 0 Å². The summed E-state index contributed by atoms with van der Waals surface area (Å²) in [4.78, 5) is 18.1. The van der Waals surface area contributed by atoms with Crippen LogP contribution in [0.25, 0.3) is 0 Å². The molecule has 0 atom stereocenters. The standard InChI is InChI=1S/C13H21ClN4O/c1-4-5-15-12-9-10(8-11(14)17-12)13(19)16-6-7-18(2)3/h8-9H,4-7H2,1-3H3,(H,15,17)(H,16,19). The molecule has 1 rings (SSSR count). The van der Waals surface area contributed by atoms with Crippen LogP contribution in [-0.4, -0.2) is 49.5 Å². The lowest BCUT2D eigenvalue weighted by atomic mass is 10.2. The van der Waals surface area contributed by atoms with Crippen LogP contribution in [0.1, 0.15) is 23.7 Å². The highest BCUT2D eigenvalue weighted by molar-refractivity contribution is 6.29. The number of carbonyl (C=O) groups is 1. The fourth-order valence-electron chi connectivity index (χ4n) is 1.47. The van der Waals surface area contributed by atoms with E-state index in [1.54, 1.807) is 12.1 Å². The molecule has 1 amide bonds. The van der Waals surface area contributed by atoms with Crippen molar-refractivity contribution >= 4 is 23.3 Å². The second-order valence-corrected chi connectivity index (χ2v) is 4.94. The van der Waals surface area contributed by atoms with Crippen molar-refractivity contribution in [2.75, 3.05) is 39.0 Å². The predicted molar refractivity (Wildman–Crippen MR) is 78.9 cm³/mol. The van der Waals surface area contributed by atoms with Gasteiger partial charge in [0.1, 0.15) is 11.0 Å². The van der Waals surface area contributed by atoms with Gasteiger partial charge < -0.3 is 15.5 Å². The molecule has 0 unspecified atom stereocenters. The van der Waals surface area contributed by atoms with Crippen LogP contribution in [-0.2, 0) is 0 Å². The van der Waals surface area contributed by atoms with Crippen LogP contribution in [0.15, 0.2) is 12.1 Å². The maximum atomic E-state index is 12.0. The molecule has 1 aromatic heterocycles. The Labute approximate surface area is 119 Å². The maximum absolute atomic E-state index is 12.0. The number of nitrogens with one attached hydrogen (secondary N) is 2. The maximum Gasteiger partial charge on any atom is 0.251 e. The summed E-state index contributed by atoms with van der Waals surface area (Å²) in [5.41, 5.74) is 0.525. The minimum atomic E-state index is -0.134. The molecule has 0 bridgehead atoms. The van der Waals surface area contributed by atoms with Crippen LogP contribution >= 0.6 is 11.6 Å². The number of hydrogen-bond donors (Lipinski definition) is 2. The van der Waals surface area contributed by atoms with Gasteiger partial charge in [-0.05, 0) is 32.6 Å². The van der Waals surface area contributed by atoms with Crippen molar-refractivity contribution in [3.8, 4) is 0 Å². The second-order valence-electron chi connectivity index (χ2n) is 4.55. The van der Waals surface area contributed by atoms with Crippen molar-refractivity contribution in [3.05, 3.63) is 22.8 Å². The number of anilines is 1. The van der Waals surface area contributed by atoms with Crippen LogP contribution in [0, 0.1) is 0 Å². The molecule has 2 N–H and O–H groups in total. The Kier molecular flexibility index (Phi) is 6.59. The van der Waals surface area contributed by atoms with Crippen molar-refractivity contribution in [3.63, 3.8) is 0 Å². The van der Waals surface area contributed by atoms with E-state index in [2.05, 4.69) is 22.5 Å². The van der Waals surface area contributed by atoms with Crippen molar-refractivity contribution in [1.29, 1.82) is 0 Å². The quantitative estimate of drug-likeness (QED) is 0.750. The molecule has 0 aromatic carbocycles. The van der Waals surface area contributed by atoms with E-state index in [0.29, 0.717) is 23.1 Å². The van der Waals surface area contributed by atoms with Gasteiger partial charge in [0, 0.05) is 25.2 Å². The number of aromatic nitrogens is 1. The molecular weight excluding hydrogens is 264 g/mol. The Morgan fingerprint density at radius 1 is 1.37 bits per heavy atom. The summed E-state index contributed by atoms with van der Waals surface area (Å²) in [5, 5.41) is 6.29. The highest BCUT2D eigenvalue weighted by Gasteiger charge is 2.08. The lowest BCUT2D eigenvalue weighted by molar-refractivity contribution is 0.0951. The van der Waals surface area contributed by atoms with Crippen LogP contribution in [0.4, 0.5) is 5.82 Å². The lowest BCUT2D eigenvalue weighted by Gasteiger charge is -2.11. The molecule has 0 radical (unpaired) electrons. The first-order chi connectivity index (χ1) is 9.02. The Balaban J connectivity index is 2.65. The average molecular weight is 285 g/mol. The van der Waals surface area contributed by atoms with Crippen molar-refractivity contribution in [2.45, 2.75) is 13.3 Å². The number of nitrogens with zero attached hydrogens (tertiary/aromatic N) is 2. The zero-order valence-electron chi connectivity index (χ0n) is 11.7. The topological polar surface area (TPSA) is 57.3 Å². The lowest BCUT2D eigenvalue weighted by Crippen LogP contribution is -2.31. The minimum Gasteiger partial charge on any atom is -0.370 e. The van der Waals surface area contributed by atoms with E-state index in [1.165, 1.54) is 0 Å². The van der Waals surface area contributed by atoms with Gasteiger partial charge in [-0.15, -0.1) is 0 Å². The Hall–Kier alpha value is -1.33. The van der Waals surface area contributed by atoms with E-state index in [4.69, 9.17) is 11.6 Å². The smallest absolute Gasteiger partial charge is 0.251 e. The first kappa shape index (κ1) is 15.7. The highest BCUT2D eigenvalue weighted by Crippen LogP contribution is 2.14. The van der Waals surface area contributed by atoms with Crippen molar-refractivity contribution < 1.29 is 4.79 Å². The summed E-state index contributed by atoms with van der Waals surface area (Å²) in [6, 6.07) is 3.29. The van der Waals surface area contributed by atoms with Gasteiger partial charge in [-0.3, -0.25) is 4.79 Å². The summed E-state index contributed by atoms with van der Waals surface area (Å²) in [7, 11) is 3.92. The molecule has 0 aliphatic carbocycles. The number of carbonyl (C=O) groups excluding carboxylic acids is 1. The van der Waals surface area contributed by atoms with Gasteiger partial charge in [-0.1, -0.05) is 18.5 Å². The Morgan fingerprint density at radius 2 is 2.11 bits per heavy atom. The fourth-order valence-corrected chi connectivity index (χ4v) is 1.68. The number of pyridine rings is 1. The molecule has 0 aliphatic rings. The third kappa shape index (κ3) is 5.89. The third-order valence-electron chi connectivity index (χ3n) is 2.46. The molecular formula is C13H21ClN4O. The number of hydrogen-bond acceptors (Lipinski definition) is 4. The van der Waals surface area contributed by atoms with Gasteiger partial charge in [-0.25, -0.2) is 4.98 Å². The molecule has 0 aliphatic heterocycles. The van der Waals surface area contributed by atoms with Gasteiger partial charge >= 0.3 is 0 Å². The van der Waals surface area contributed by atoms with Crippen LogP contribution in [0.5, 0.6) is 0 Å². The fraction of sp³-hybridized carbons (Fsp3) is 0.538. The summed E-state index contributed by atoms with van der Waals surface area (Å²) < 4.78 is 0. The van der Waals surface area contributed by atoms with E-state index < -0.39 is 0 Å². The van der Waals surface area contributed by atoms with Crippen molar-refractivity contribution in [2.24, 2.45) is 0 Å². The second kappa shape index (κ2) is 7.96. The molecule has 106 valence electrons. The zero-order valence-corrected chi connectivity index (χ0v) is 12.4. The van der Waals surface area contributed by atoms with Crippen molar-refractivity contribution in [1.82, 2.24) is 15.2 Å². The Bertz CT molecular complexity index is 423. The predicted octanol–water partition coefficient (Wildman–Crippen LogP) is 1.85. The summed E-state index contributed by atoms with van der Waals surface area (Å²) in [5.74, 6) is 0.498. The van der Waals surface area contributed by atoms with E-state index in [9.17, 15) is 4.79 Å². The number of halogens is 1. The SMILES string of the molecule is CCCNc1cc(C(=O)NCCN(C)C)cc(Cl)n1. The van der Waals surface area contributed by atoms with Gasteiger partial charge in [-0.2, -0.15) is 0 Å². The van der Waals surface area contributed by atoms with Crippen LogP contribution in [0.2, 0.25) is 5.15 Å². The molecule has 0 spiro atoms. The van der Waals surface area contributed by atoms with E-state index in [1.807, 2.05) is 19.0 Å². The molecule has 0 fully saturated rings. The molecule has 5 nitrogen and oxygen atoms in total. The first-order valence-corrected chi connectivity index (χ1v) is 6.75. The first-order valence-electron chi connectivity index (χ1n) is 6.37. The molecule has 1 heterocycles.